The predicted octanol–water partition coefficient (Wildman–Crippen LogP) is -3.97. The molecule has 0 radical (unpaired) electrons. The van der Waals surface area contributed by atoms with Gasteiger partial charge in [0.15, 0.2) is 0 Å². The van der Waals surface area contributed by atoms with E-state index in [0.717, 1.165) is 5.75 Å². The van der Waals surface area contributed by atoms with Crippen molar-refractivity contribution in [1.82, 2.24) is 0 Å². The van der Waals surface area contributed by atoms with E-state index < -0.39 is 8.07 Å². The van der Waals surface area contributed by atoms with Crippen LogP contribution in [0.4, 0.5) is 0 Å². The van der Waals surface area contributed by atoms with Gasteiger partial charge in [0.25, 0.3) is 0 Å². The largest absolute Gasteiger partial charge is 4.00 e. The maximum absolute atomic E-state index is 5.49. The molecule has 34 heavy (non-hydrogen) atoms. The van der Waals surface area contributed by atoms with E-state index in [2.05, 4.69) is 119 Å². The van der Waals surface area contributed by atoms with Gasteiger partial charge in [-0.25, -0.2) is 5.57 Å². The van der Waals surface area contributed by atoms with Crippen LogP contribution in [0, 0.1) is 6.08 Å². The minimum absolute atomic E-state index is 0. The molecule has 1 nitrogen and oxygen atoms in total. The summed E-state index contributed by atoms with van der Waals surface area (Å²) in [6.07, 6.45) is 3.97. The Morgan fingerprint density at radius 3 is 1.44 bits per heavy atom. The van der Waals surface area contributed by atoms with E-state index in [9.17, 15) is 0 Å². The minimum atomic E-state index is -2.54. The number of allylic oxidation sites excluding steroid dienone is 4. The van der Waals surface area contributed by atoms with Crippen molar-refractivity contribution < 1.29 is 63.7 Å². The van der Waals surface area contributed by atoms with Gasteiger partial charge in [0.05, 0.1) is 7.11 Å². The predicted molar refractivity (Wildman–Crippen MR) is 130 cm³/mol. The summed E-state index contributed by atoms with van der Waals surface area (Å²) in [6, 6.07) is 30.9. The van der Waals surface area contributed by atoms with Crippen molar-refractivity contribution in [3.8, 4) is 5.75 Å². The minimum Gasteiger partial charge on any atom is -1.00 e. The molecule has 6 heteroatoms. The molecular weight excluding hydrogens is 535 g/mol. The summed E-state index contributed by atoms with van der Waals surface area (Å²) in [5.74, 6) is 0.887. The molecule has 4 rings (SSSR count). The summed E-state index contributed by atoms with van der Waals surface area (Å²) >= 11 is 0. The van der Waals surface area contributed by atoms with Gasteiger partial charge in [-0.05, 0) is 27.7 Å². The summed E-state index contributed by atoms with van der Waals surface area (Å²) in [5.41, 5.74) is 4.07. The molecule has 1 unspecified atom stereocenters. The first kappa shape index (κ1) is 32.7. The van der Waals surface area contributed by atoms with Crippen molar-refractivity contribution in [3.05, 3.63) is 108 Å². The first-order chi connectivity index (χ1) is 14.4. The third-order valence-corrected chi connectivity index (χ3v) is 12.6. The molecule has 0 aromatic heterocycles. The Balaban J connectivity index is 0.00000272. The zero-order chi connectivity index (χ0) is 21.4. The zero-order valence-corrected chi connectivity index (χ0v) is 25.0. The first-order valence-corrected chi connectivity index (χ1v) is 12.5. The number of halogens is 3. The van der Waals surface area contributed by atoms with E-state index in [-0.39, 0.29) is 64.0 Å². The molecule has 0 saturated carbocycles. The molecule has 1 aliphatic rings. The average Bonchev–Trinajstić information content (AvgIpc) is 2.99. The zero-order valence-electron chi connectivity index (χ0n) is 20.1. The Labute approximate surface area is 239 Å². The number of methoxy groups -OCH3 is 1. The van der Waals surface area contributed by atoms with Gasteiger partial charge >= 0.3 is 21.7 Å². The van der Waals surface area contributed by atoms with Gasteiger partial charge in [0.2, 0.25) is 0 Å². The maximum atomic E-state index is 5.49. The molecule has 3 aromatic rings. The van der Waals surface area contributed by atoms with Crippen LogP contribution >= 0.6 is 0 Å². The van der Waals surface area contributed by atoms with E-state index in [1.54, 1.807) is 7.11 Å². The Morgan fingerprint density at radius 1 is 0.676 bits per heavy atom. The summed E-state index contributed by atoms with van der Waals surface area (Å²) in [7, 11) is -0.818. The molecule has 1 atom stereocenters. The fourth-order valence-electron chi connectivity index (χ4n) is 5.18. The summed E-state index contributed by atoms with van der Waals surface area (Å²) in [4.78, 5) is 0. The second-order valence-corrected chi connectivity index (χ2v) is 12.6. The van der Waals surface area contributed by atoms with E-state index in [4.69, 9.17) is 4.74 Å². The Hall–Kier alpha value is -1.26. The first-order valence-electron chi connectivity index (χ1n) is 10.5. The van der Waals surface area contributed by atoms with Crippen LogP contribution in [-0.4, -0.2) is 15.2 Å². The van der Waals surface area contributed by atoms with Crippen molar-refractivity contribution in [3.63, 3.8) is 0 Å². The molecule has 0 bridgehead atoms. The molecule has 0 saturated heterocycles. The van der Waals surface area contributed by atoms with Crippen LogP contribution in [0.25, 0.3) is 0 Å². The van der Waals surface area contributed by atoms with Gasteiger partial charge < -0.3 is 42.0 Å². The standard InChI is InChI=1S/C28H29OSi.3ClH.Ti/c1-21-20-28(4,23(3)22(21)2)30(25-12-8-6-9-13-25,26-14-10-7-11-15-26)27-18-16-24(29-5)17-19-27;;;;/h6-19H,1-5H3;3*1H;/q-1;;;;+4/p-3. The van der Waals surface area contributed by atoms with Crippen molar-refractivity contribution in [2.24, 2.45) is 0 Å². The molecule has 1 aliphatic carbocycles. The van der Waals surface area contributed by atoms with Crippen LogP contribution in [0.2, 0.25) is 5.04 Å². The van der Waals surface area contributed by atoms with Crippen molar-refractivity contribution in [2.45, 2.75) is 32.7 Å². The number of benzene rings is 3. The van der Waals surface area contributed by atoms with Gasteiger partial charge in [0.1, 0.15) is 13.8 Å². The second kappa shape index (κ2) is 13.2. The van der Waals surface area contributed by atoms with Crippen LogP contribution in [0.1, 0.15) is 27.7 Å². The smallest absolute Gasteiger partial charge is 1.00 e. The SMILES string of the molecule is COc1ccc([Si](c2ccccc2)(c2ccccc2)C2(C)[C-]=C(C)C(C)=C2C)cc1.[Cl-].[Cl-].[Cl-].[Ti+4]. The molecule has 0 heterocycles. The van der Waals surface area contributed by atoms with E-state index in [1.807, 2.05) is 0 Å². The molecule has 0 N–H and O–H groups in total. The number of hydrogen-bond donors (Lipinski definition) is 0. The quantitative estimate of drug-likeness (QED) is 0.175. The molecule has 0 amide bonds. The fraction of sp³-hybridized carbons (Fsp3) is 0.214. The van der Waals surface area contributed by atoms with Gasteiger partial charge in [0, 0.05) is 0 Å². The monoisotopic (exact) mass is 562 g/mol. The topological polar surface area (TPSA) is 9.23 Å². The van der Waals surface area contributed by atoms with Crippen LogP contribution in [-0.2, 0) is 21.7 Å². The van der Waals surface area contributed by atoms with Crippen LogP contribution in [0.15, 0.2) is 102 Å². The number of hydrogen-bond acceptors (Lipinski definition) is 1. The maximum Gasteiger partial charge on any atom is 4.00 e. The van der Waals surface area contributed by atoms with Gasteiger partial charge in [-0.2, -0.15) is 11.1 Å². The second-order valence-electron chi connectivity index (χ2n) is 8.34. The van der Waals surface area contributed by atoms with Crippen LogP contribution < -0.4 is 57.5 Å². The fourth-order valence-corrected chi connectivity index (χ4v) is 11.1. The average molecular weight is 564 g/mol. The normalized spacial score (nSPS) is 16.8. The van der Waals surface area contributed by atoms with Crippen molar-refractivity contribution in [2.75, 3.05) is 7.11 Å². The van der Waals surface area contributed by atoms with E-state index >= 15 is 0 Å². The van der Waals surface area contributed by atoms with Crippen LogP contribution in [0.3, 0.4) is 0 Å². The van der Waals surface area contributed by atoms with Gasteiger partial charge in [-0.15, -0.1) is 6.92 Å². The molecule has 3 aromatic carbocycles. The Kier molecular flexibility index (Phi) is 12.7. The molecule has 0 spiro atoms. The van der Waals surface area contributed by atoms with Crippen LogP contribution in [0.5, 0.6) is 5.75 Å². The molecule has 0 aliphatic heterocycles. The third-order valence-electron chi connectivity index (χ3n) is 7.00. The molecular formula is C28H29Cl3OSiTi. The van der Waals surface area contributed by atoms with Gasteiger partial charge in [-0.3, -0.25) is 6.08 Å². The van der Waals surface area contributed by atoms with E-state index in [0.29, 0.717) is 0 Å². The number of rotatable bonds is 5. The van der Waals surface area contributed by atoms with Gasteiger partial charge in [-0.1, -0.05) is 98.6 Å². The summed E-state index contributed by atoms with van der Waals surface area (Å²) in [6.45, 7) is 9.15. The summed E-state index contributed by atoms with van der Waals surface area (Å²) in [5, 5.41) is 3.98. The number of ether oxygens (including phenoxy) is 1. The third kappa shape index (κ3) is 5.14. The summed E-state index contributed by atoms with van der Waals surface area (Å²) < 4.78 is 5.49. The Morgan fingerprint density at radius 2 is 1.09 bits per heavy atom. The Bertz CT molecular complexity index is 1080. The molecule has 176 valence electrons. The van der Waals surface area contributed by atoms with E-state index in [1.165, 1.54) is 32.3 Å². The van der Waals surface area contributed by atoms with Crippen molar-refractivity contribution >= 4 is 23.6 Å². The molecule has 0 fully saturated rings. The van der Waals surface area contributed by atoms with Crippen molar-refractivity contribution in [1.29, 1.82) is 0 Å².